The summed E-state index contributed by atoms with van der Waals surface area (Å²) in [6.45, 7) is 12.3. The molecule has 1 N–H and O–H groups in total. The molecular weight excluding hydrogens is 522 g/mol. The second-order valence-corrected chi connectivity index (χ2v) is 12.4. The molecular formula is C32H33N3O4S. The second kappa shape index (κ2) is 10.2. The van der Waals surface area contributed by atoms with E-state index in [1.54, 1.807) is 31.5 Å². The number of thiazole rings is 1. The van der Waals surface area contributed by atoms with Gasteiger partial charge in [0.05, 0.1) is 28.6 Å². The third-order valence-electron chi connectivity index (χ3n) is 7.32. The van der Waals surface area contributed by atoms with E-state index >= 15 is 0 Å². The summed E-state index contributed by atoms with van der Waals surface area (Å²) in [4.78, 5) is 37.9. The van der Waals surface area contributed by atoms with Crippen LogP contribution < -0.4 is 9.64 Å². The number of ketones is 1. The van der Waals surface area contributed by atoms with Crippen molar-refractivity contribution >= 4 is 44.1 Å². The maximum atomic E-state index is 13.7. The van der Waals surface area contributed by atoms with Gasteiger partial charge in [0.1, 0.15) is 17.6 Å². The van der Waals surface area contributed by atoms with E-state index in [1.165, 1.54) is 16.2 Å². The van der Waals surface area contributed by atoms with Crippen molar-refractivity contribution in [2.45, 2.75) is 58.9 Å². The average molecular weight is 556 g/mol. The lowest BCUT2D eigenvalue weighted by Gasteiger charge is -2.22. The van der Waals surface area contributed by atoms with Gasteiger partial charge in [-0.2, -0.15) is 0 Å². The van der Waals surface area contributed by atoms with E-state index in [0.717, 1.165) is 26.9 Å². The molecule has 1 unspecified atom stereocenters. The molecule has 1 atom stereocenters. The lowest BCUT2D eigenvalue weighted by atomic mass is 9.87. The van der Waals surface area contributed by atoms with Crippen molar-refractivity contribution in [3.05, 3.63) is 88.2 Å². The zero-order valence-electron chi connectivity index (χ0n) is 23.8. The van der Waals surface area contributed by atoms with E-state index in [2.05, 4.69) is 31.8 Å². The SMILES string of the molecule is COc1cc(C)c(/C(O)=C2\C(=O)C(=O)N(c3nc4ccc(C(C)(C)C)cc4s3)C2c2ccccn2)cc1C(C)C. The van der Waals surface area contributed by atoms with Gasteiger partial charge in [-0.25, -0.2) is 4.98 Å². The van der Waals surface area contributed by atoms with Gasteiger partial charge < -0.3 is 9.84 Å². The quantitative estimate of drug-likeness (QED) is 0.161. The molecule has 40 heavy (non-hydrogen) atoms. The Labute approximate surface area is 238 Å². The van der Waals surface area contributed by atoms with Crippen LogP contribution in [-0.2, 0) is 15.0 Å². The zero-order valence-corrected chi connectivity index (χ0v) is 24.6. The fourth-order valence-electron chi connectivity index (χ4n) is 5.06. The first-order valence-corrected chi connectivity index (χ1v) is 14.1. The summed E-state index contributed by atoms with van der Waals surface area (Å²) in [7, 11) is 1.61. The van der Waals surface area contributed by atoms with Gasteiger partial charge in [0.15, 0.2) is 5.13 Å². The van der Waals surface area contributed by atoms with Gasteiger partial charge >= 0.3 is 5.91 Å². The maximum Gasteiger partial charge on any atom is 0.301 e. The third kappa shape index (κ3) is 4.66. The molecule has 1 amide bonds. The minimum absolute atomic E-state index is 0.0127. The minimum Gasteiger partial charge on any atom is -0.507 e. The highest BCUT2D eigenvalue weighted by Crippen LogP contribution is 2.45. The number of anilines is 1. The highest BCUT2D eigenvalue weighted by molar-refractivity contribution is 7.22. The first-order valence-electron chi connectivity index (χ1n) is 13.2. The molecule has 1 aliphatic rings. The number of hydrogen-bond donors (Lipinski definition) is 1. The Bertz CT molecular complexity index is 1660. The van der Waals surface area contributed by atoms with Crippen LogP contribution >= 0.6 is 11.3 Å². The number of aliphatic hydroxyl groups is 1. The lowest BCUT2D eigenvalue weighted by molar-refractivity contribution is -0.132. The minimum atomic E-state index is -0.937. The van der Waals surface area contributed by atoms with Crippen LogP contribution in [-0.4, -0.2) is 33.9 Å². The molecule has 0 aliphatic carbocycles. The number of aliphatic hydroxyl groups excluding tert-OH is 1. The van der Waals surface area contributed by atoms with Gasteiger partial charge in [-0.15, -0.1) is 0 Å². The molecule has 2 aromatic heterocycles. The number of ether oxygens (including phenoxy) is 1. The molecule has 2 aromatic carbocycles. The average Bonchev–Trinajstić information content (AvgIpc) is 3.45. The standard InChI is InChI=1S/C32H33N3O4S/c1-17(2)20-16-21(18(3)14-24(20)39-7)28(36)26-27(23-10-8-9-13-33-23)35(30(38)29(26)37)31-34-22-12-11-19(32(4,5)6)15-25(22)40-31/h8-17,27,36H,1-7H3/b28-26+. The molecule has 1 aliphatic heterocycles. The predicted molar refractivity (Wildman–Crippen MR) is 159 cm³/mol. The molecule has 0 spiro atoms. The summed E-state index contributed by atoms with van der Waals surface area (Å²) in [5.41, 5.74) is 4.37. The Morgan fingerprint density at radius 2 is 1.85 bits per heavy atom. The number of pyridine rings is 1. The summed E-state index contributed by atoms with van der Waals surface area (Å²) in [5.74, 6) is -0.951. The molecule has 5 rings (SSSR count). The number of hydrogen-bond acceptors (Lipinski definition) is 7. The van der Waals surface area contributed by atoms with Gasteiger partial charge in [-0.3, -0.25) is 19.5 Å². The van der Waals surface area contributed by atoms with Crippen molar-refractivity contribution in [2.75, 3.05) is 12.0 Å². The monoisotopic (exact) mass is 555 g/mol. The number of methoxy groups -OCH3 is 1. The normalized spacial score (nSPS) is 17.3. The van der Waals surface area contributed by atoms with Crippen LogP contribution in [0.2, 0.25) is 0 Å². The molecule has 0 saturated carbocycles. The molecule has 3 heterocycles. The van der Waals surface area contributed by atoms with Crippen molar-refractivity contribution in [2.24, 2.45) is 0 Å². The van der Waals surface area contributed by atoms with Crippen LogP contribution in [0.15, 0.2) is 60.3 Å². The number of nitrogens with zero attached hydrogens (tertiary/aromatic N) is 3. The van der Waals surface area contributed by atoms with E-state index in [4.69, 9.17) is 9.72 Å². The van der Waals surface area contributed by atoms with Crippen LogP contribution in [0.4, 0.5) is 5.13 Å². The van der Waals surface area contributed by atoms with E-state index in [1.807, 2.05) is 45.0 Å². The highest BCUT2D eigenvalue weighted by atomic mass is 32.1. The van der Waals surface area contributed by atoms with Gasteiger partial charge in [0.25, 0.3) is 5.78 Å². The zero-order chi connectivity index (χ0) is 28.9. The second-order valence-electron chi connectivity index (χ2n) is 11.4. The molecule has 1 saturated heterocycles. The van der Waals surface area contributed by atoms with E-state index < -0.39 is 17.7 Å². The van der Waals surface area contributed by atoms with Crippen molar-refractivity contribution < 1.29 is 19.4 Å². The first-order chi connectivity index (χ1) is 18.9. The maximum absolute atomic E-state index is 13.7. The largest absolute Gasteiger partial charge is 0.507 e. The number of amides is 1. The summed E-state index contributed by atoms with van der Waals surface area (Å²) in [5, 5.41) is 12.1. The predicted octanol–water partition coefficient (Wildman–Crippen LogP) is 7.06. The molecule has 1 fully saturated rings. The van der Waals surface area contributed by atoms with Gasteiger partial charge in [0, 0.05) is 11.8 Å². The van der Waals surface area contributed by atoms with Crippen LogP contribution in [0.1, 0.15) is 74.5 Å². The topological polar surface area (TPSA) is 92.6 Å². The summed E-state index contributed by atoms with van der Waals surface area (Å²) in [6, 6.07) is 14.1. The van der Waals surface area contributed by atoms with E-state index in [0.29, 0.717) is 22.1 Å². The van der Waals surface area contributed by atoms with Crippen molar-refractivity contribution in [3.63, 3.8) is 0 Å². The number of carbonyl (C=O) groups excluding carboxylic acids is 2. The number of rotatable bonds is 5. The van der Waals surface area contributed by atoms with Gasteiger partial charge in [0.2, 0.25) is 0 Å². The first kappa shape index (κ1) is 27.5. The molecule has 4 aromatic rings. The Morgan fingerprint density at radius 3 is 2.48 bits per heavy atom. The Kier molecular flexibility index (Phi) is 7.00. The molecule has 0 radical (unpaired) electrons. The fourth-order valence-corrected chi connectivity index (χ4v) is 6.09. The fraction of sp³-hybridized carbons (Fsp3) is 0.312. The molecule has 206 valence electrons. The van der Waals surface area contributed by atoms with Crippen LogP contribution in [0, 0.1) is 6.92 Å². The third-order valence-corrected chi connectivity index (χ3v) is 8.33. The molecule has 8 heteroatoms. The summed E-state index contributed by atoms with van der Waals surface area (Å²) in [6.07, 6.45) is 1.61. The smallest absolute Gasteiger partial charge is 0.301 e. The lowest BCUT2D eigenvalue weighted by Crippen LogP contribution is -2.29. The van der Waals surface area contributed by atoms with Crippen molar-refractivity contribution in [3.8, 4) is 5.75 Å². The van der Waals surface area contributed by atoms with Crippen LogP contribution in [0.25, 0.3) is 16.0 Å². The number of carbonyl (C=O) groups is 2. The van der Waals surface area contributed by atoms with Gasteiger partial charge in [-0.1, -0.05) is 58.1 Å². The summed E-state index contributed by atoms with van der Waals surface area (Å²) >= 11 is 1.35. The number of aryl methyl sites for hydroxylation is 1. The van der Waals surface area contributed by atoms with Crippen LogP contribution in [0.3, 0.4) is 0 Å². The highest BCUT2D eigenvalue weighted by Gasteiger charge is 2.49. The van der Waals surface area contributed by atoms with Crippen molar-refractivity contribution in [1.82, 2.24) is 9.97 Å². The number of Topliss-reactive ketones (excluding diaryl/α,β-unsaturated/α-hetero) is 1. The Hall–Kier alpha value is -4.04. The number of aromatic nitrogens is 2. The number of fused-ring (bicyclic) bond motifs is 1. The molecule has 7 nitrogen and oxygen atoms in total. The summed E-state index contributed by atoms with van der Waals surface area (Å²) < 4.78 is 6.48. The Morgan fingerprint density at radius 1 is 1.10 bits per heavy atom. The van der Waals surface area contributed by atoms with Gasteiger partial charge in [-0.05, 0) is 71.3 Å². The van der Waals surface area contributed by atoms with E-state index in [9.17, 15) is 14.7 Å². The van der Waals surface area contributed by atoms with Crippen LogP contribution in [0.5, 0.6) is 5.75 Å². The molecule has 0 bridgehead atoms. The number of benzene rings is 2. The Balaban J connectivity index is 1.72. The van der Waals surface area contributed by atoms with E-state index in [-0.39, 0.29) is 22.7 Å². The van der Waals surface area contributed by atoms with Crippen molar-refractivity contribution in [1.29, 1.82) is 0 Å².